The number of sulfone groups is 1. The summed E-state index contributed by atoms with van der Waals surface area (Å²) >= 11 is 0. The molecule has 0 radical (unpaired) electrons. The van der Waals surface area contributed by atoms with Crippen molar-refractivity contribution in [1.82, 2.24) is 5.32 Å². The van der Waals surface area contributed by atoms with Gasteiger partial charge in [-0.05, 0) is 25.0 Å². The van der Waals surface area contributed by atoms with Crippen LogP contribution in [-0.2, 0) is 19.4 Å². The van der Waals surface area contributed by atoms with Gasteiger partial charge in [0.2, 0.25) is 0 Å². The van der Waals surface area contributed by atoms with Crippen molar-refractivity contribution in [3.05, 3.63) is 33.9 Å². The van der Waals surface area contributed by atoms with Crippen LogP contribution in [0.25, 0.3) is 0 Å². The van der Waals surface area contributed by atoms with E-state index in [1.165, 1.54) is 6.92 Å². The number of benzene rings is 1. The molecule has 0 saturated heterocycles. The molecule has 1 amide bonds. The maximum absolute atomic E-state index is 12.1. The van der Waals surface area contributed by atoms with Crippen molar-refractivity contribution in [2.75, 3.05) is 12.8 Å². The van der Waals surface area contributed by atoms with Gasteiger partial charge in [-0.3, -0.25) is 14.9 Å². The second kappa shape index (κ2) is 8.06. The van der Waals surface area contributed by atoms with Crippen LogP contribution in [0.4, 0.5) is 5.69 Å². The van der Waals surface area contributed by atoms with Crippen molar-refractivity contribution in [2.24, 2.45) is 5.92 Å². The number of esters is 1. The highest BCUT2D eigenvalue weighted by atomic mass is 32.2. The lowest BCUT2D eigenvalue weighted by Crippen LogP contribution is -2.37. The topological polar surface area (TPSA) is 133 Å². The SMILES string of the molecule is CC(C)CNC(=O)C(C)OC(=O)c1ccc(S(C)(=O)=O)c([N+](=O)[O-])c1. The minimum Gasteiger partial charge on any atom is -0.449 e. The molecule has 25 heavy (non-hydrogen) atoms. The normalized spacial score (nSPS) is 12.5. The summed E-state index contributed by atoms with van der Waals surface area (Å²) in [4.78, 5) is 33.5. The molecule has 1 N–H and O–H groups in total. The molecule has 138 valence electrons. The van der Waals surface area contributed by atoms with Gasteiger partial charge in [-0.2, -0.15) is 0 Å². The first-order chi connectivity index (χ1) is 11.4. The van der Waals surface area contributed by atoms with Crippen LogP contribution in [0.15, 0.2) is 23.1 Å². The molecule has 0 spiro atoms. The smallest absolute Gasteiger partial charge is 0.339 e. The summed E-state index contributed by atoms with van der Waals surface area (Å²) in [6, 6.07) is 2.88. The number of hydrogen-bond acceptors (Lipinski definition) is 7. The zero-order chi connectivity index (χ0) is 19.4. The summed E-state index contributed by atoms with van der Waals surface area (Å²) in [6.45, 7) is 5.58. The monoisotopic (exact) mass is 372 g/mol. The van der Waals surface area contributed by atoms with Gasteiger partial charge in [-0.25, -0.2) is 13.2 Å². The average Bonchev–Trinajstić information content (AvgIpc) is 2.50. The molecule has 0 bridgehead atoms. The standard InChI is InChI=1S/C15H20N2O7S/c1-9(2)8-16-14(18)10(3)24-15(19)11-5-6-13(25(4,22)23)12(7-11)17(20)21/h5-7,9-10H,8H2,1-4H3,(H,16,18). The van der Waals surface area contributed by atoms with Crippen molar-refractivity contribution in [2.45, 2.75) is 31.8 Å². The quantitative estimate of drug-likeness (QED) is 0.433. The van der Waals surface area contributed by atoms with E-state index in [2.05, 4.69) is 5.32 Å². The minimum absolute atomic E-state index is 0.220. The highest BCUT2D eigenvalue weighted by molar-refractivity contribution is 7.90. The van der Waals surface area contributed by atoms with Gasteiger partial charge in [0.15, 0.2) is 15.9 Å². The van der Waals surface area contributed by atoms with E-state index in [1.807, 2.05) is 13.8 Å². The molecule has 0 aliphatic heterocycles. The molecule has 1 aromatic carbocycles. The Morgan fingerprint density at radius 3 is 2.36 bits per heavy atom. The number of amides is 1. The van der Waals surface area contributed by atoms with Crippen molar-refractivity contribution >= 4 is 27.4 Å². The van der Waals surface area contributed by atoms with Crippen LogP contribution < -0.4 is 5.32 Å². The third-order valence-electron chi connectivity index (χ3n) is 3.13. The fourth-order valence-electron chi connectivity index (χ4n) is 1.83. The number of nitrogens with one attached hydrogen (secondary N) is 1. The van der Waals surface area contributed by atoms with E-state index >= 15 is 0 Å². The van der Waals surface area contributed by atoms with Crippen molar-refractivity contribution < 1.29 is 27.7 Å². The van der Waals surface area contributed by atoms with E-state index in [1.54, 1.807) is 0 Å². The molecule has 0 saturated carbocycles. The molecular weight excluding hydrogens is 352 g/mol. The molecule has 0 aromatic heterocycles. The van der Waals surface area contributed by atoms with E-state index in [4.69, 9.17) is 4.74 Å². The molecule has 1 rings (SSSR count). The largest absolute Gasteiger partial charge is 0.449 e. The number of hydrogen-bond donors (Lipinski definition) is 1. The van der Waals surface area contributed by atoms with Crippen molar-refractivity contribution in [3.8, 4) is 0 Å². The number of rotatable bonds is 7. The van der Waals surface area contributed by atoms with E-state index in [-0.39, 0.29) is 11.5 Å². The molecule has 10 heteroatoms. The van der Waals surface area contributed by atoms with Gasteiger partial charge in [0.25, 0.3) is 11.6 Å². The van der Waals surface area contributed by atoms with Gasteiger partial charge in [0, 0.05) is 18.9 Å². The first-order valence-electron chi connectivity index (χ1n) is 7.40. The summed E-state index contributed by atoms with van der Waals surface area (Å²) in [6.07, 6.45) is -0.269. The Labute approximate surface area is 145 Å². The summed E-state index contributed by atoms with van der Waals surface area (Å²) in [5.74, 6) is -1.24. The number of nitro groups is 1. The second-order valence-electron chi connectivity index (χ2n) is 5.90. The predicted octanol–water partition coefficient (Wildman–Crippen LogP) is 1.32. The molecule has 9 nitrogen and oxygen atoms in total. The Morgan fingerprint density at radius 1 is 1.28 bits per heavy atom. The summed E-state index contributed by atoms with van der Waals surface area (Å²) in [5.41, 5.74) is -0.948. The maximum atomic E-state index is 12.1. The molecular formula is C15H20N2O7S. The lowest BCUT2D eigenvalue weighted by Gasteiger charge is -2.14. The molecule has 0 fully saturated rings. The van der Waals surface area contributed by atoms with Crippen LogP contribution in [0.3, 0.4) is 0 Å². The van der Waals surface area contributed by atoms with Crippen LogP contribution in [0, 0.1) is 16.0 Å². The average molecular weight is 372 g/mol. The Balaban J connectivity index is 2.98. The molecule has 0 heterocycles. The highest BCUT2D eigenvalue weighted by Crippen LogP contribution is 2.25. The first-order valence-corrected chi connectivity index (χ1v) is 9.29. The molecule has 1 atom stereocenters. The predicted molar refractivity (Wildman–Crippen MR) is 88.9 cm³/mol. The minimum atomic E-state index is -3.83. The summed E-state index contributed by atoms with van der Waals surface area (Å²) < 4.78 is 28.1. The first kappa shape index (κ1) is 20.6. The van der Waals surface area contributed by atoms with Gasteiger partial charge < -0.3 is 10.1 Å². The van der Waals surface area contributed by atoms with E-state index < -0.39 is 43.3 Å². The van der Waals surface area contributed by atoms with Crippen LogP contribution in [0.5, 0.6) is 0 Å². The van der Waals surface area contributed by atoms with Gasteiger partial charge in [-0.1, -0.05) is 13.8 Å². The van der Waals surface area contributed by atoms with Crippen LogP contribution in [0.1, 0.15) is 31.1 Å². The van der Waals surface area contributed by atoms with Crippen molar-refractivity contribution in [1.29, 1.82) is 0 Å². The highest BCUT2D eigenvalue weighted by Gasteiger charge is 2.26. The number of ether oxygens (including phenoxy) is 1. The maximum Gasteiger partial charge on any atom is 0.339 e. The number of carbonyl (C=O) groups is 2. The lowest BCUT2D eigenvalue weighted by molar-refractivity contribution is -0.387. The Morgan fingerprint density at radius 2 is 1.88 bits per heavy atom. The zero-order valence-corrected chi connectivity index (χ0v) is 15.1. The second-order valence-corrected chi connectivity index (χ2v) is 7.88. The zero-order valence-electron chi connectivity index (χ0n) is 14.3. The van der Waals surface area contributed by atoms with Gasteiger partial charge >= 0.3 is 5.97 Å². The molecule has 1 aromatic rings. The summed E-state index contributed by atoms with van der Waals surface area (Å²) in [5, 5.41) is 13.6. The number of nitro benzene ring substituents is 1. The van der Waals surface area contributed by atoms with E-state index in [0.717, 1.165) is 24.5 Å². The lowest BCUT2D eigenvalue weighted by atomic mass is 10.2. The Kier molecular flexibility index (Phi) is 6.63. The van der Waals surface area contributed by atoms with Gasteiger partial charge in [0.05, 0.1) is 10.5 Å². The number of nitrogens with zero attached hydrogens (tertiary/aromatic N) is 1. The van der Waals surface area contributed by atoms with Crippen LogP contribution >= 0.6 is 0 Å². The third kappa shape index (κ3) is 5.82. The molecule has 0 aliphatic rings. The summed E-state index contributed by atoms with van der Waals surface area (Å²) in [7, 11) is -3.83. The van der Waals surface area contributed by atoms with Crippen molar-refractivity contribution in [3.63, 3.8) is 0 Å². The van der Waals surface area contributed by atoms with Crippen LogP contribution in [0.2, 0.25) is 0 Å². The van der Waals surface area contributed by atoms with E-state index in [9.17, 15) is 28.1 Å². The fourth-order valence-corrected chi connectivity index (χ4v) is 2.66. The number of carbonyl (C=O) groups excluding carboxylic acids is 2. The van der Waals surface area contributed by atoms with E-state index in [0.29, 0.717) is 6.54 Å². The Hall–Kier alpha value is -2.49. The Bertz CT molecular complexity index is 787. The van der Waals surface area contributed by atoms with Crippen LogP contribution in [-0.4, -0.2) is 44.1 Å². The fraction of sp³-hybridized carbons (Fsp3) is 0.467. The molecule has 1 unspecified atom stereocenters. The molecule has 0 aliphatic carbocycles. The third-order valence-corrected chi connectivity index (χ3v) is 4.27. The van der Waals surface area contributed by atoms with Gasteiger partial charge in [0.1, 0.15) is 4.90 Å². The van der Waals surface area contributed by atoms with Gasteiger partial charge in [-0.15, -0.1) is 0 Å².